The molecule has 104 valence electrons. The number of nitrogens with zero attached hydrogens (tertiary/aromatic N) is 1. The summed E-state index contributed by atoms with van der Waals surface area (Å²) in [7, 11) is 0. The molecular weight excluding hydrogens is 278 g/mol. The number of urea groups is 1. The Morgan fingerprint density at radius 2 is 1.95 bits per heavy atom. The molecule has 2 aromatic rings. The number of ether oxygens (including phenoxy) is 1. The van der Waals surface area contributed by atoms with Crippen molar-refractivity contribution in [2.24, 2.45) is 0 Å². The molecule has 0 aliphatic carbocycles. The van der Waals surface area contributed by atoms with E-state index in [2.05, 4.69) is 15.6 Å². The van der Waals surface area contributed by atoms with Crippen molar-refractivity contribution in [3.05, 3.63) is 59.4 Å². The van der Waals surface area contributed by atoms with Gasteiger partial charge in [-0.1, -0.05) is 17.7 Å². The van der Waals surface area contributed by atoms with Crippen LogP contribution in [0.5, 0.6) is 5.75 Å². The lowest BCUT2D eigenvalue weighted by molar-refractivity contribution is 0.223. The number of aromatic nitrogens is 1. The van der Waals surface area contributed by atoms with Gasteiger partial charge in [-0.05, 0) is 36.4 Å². The average molecular weight is 292 g/mol. The van der Waals surface area contributed by atoms with Gasteiger partial charge in [0.05, 0.1) is 12.2 Å². The molecule has 0 unspecified atom stereocenters. The predicted octanol–water partition coefficient (Wildman–Crippen LogP) is 2.57. The van der Waals surface area contributed by atoms with Gasteiger partial charge in [0.25, 0.3) is 0 Å². The molecule has 0 atom stereocenters. The highest BCUT2D eigenvalue weighted by atomic mass is 35.5. The highest BCUT2D eigenvalue weighted by Crippen LogP contribution is 2.14. The molecule has 1 heterocycles. The van der Waals surface area contributed by atoms with Crippen LogP contribution in [0.2, 0.25) is 5.02 Å². The van der Waals surface area contributed by atoms with E-state index in [1.54, 1.807) is 30.5 Å². The summed E-state index contributed by atoms with van der Waals surface area (Å²) in [5.74, 6) is 0.638. The van der Waals surface area contributed by atoms with Gasteiger partial charge in [0.15, 0.2) is 6.73 Å². The van der Waals surface area contributed by atoms with E-state index >= 15 is 0 Å². The number of pyridine rings is 1. The Hall–Kier alpha value is -2.27. The van der Waals surface area contributed by atoms with Crippen LogP contribution in [0, 0.1) is 0 Å². The van der Waals surface area contributed by atoms with Crippen LogP contribution in [0.1, 0.15) is 5.69 Å². The molecule has 1 aromatic heterocycles. The number of amides is 2. The lowest BCUT2D eigenvalue weighted by atomic mass is 10.3. The summed E-state index contributed by atoms with van der Waals surface area (Å²) < 4.78 is 5.34. The first-order chi connectivity index (χ1) is 9.74. The molecule has 5 nitrogen and oxygen atoms in total. The number of carbonyl (C=O) groups excluding carboxylic acids is 1. The summed E-state index contributed by atoms with van der Waals surface area (Å²) in [5.41, 5.74) is 0.793. The molecule has 0 aliphatic rings. The van der Waals surface area contributed by atoms with Crippen molar-refractivity contribution in [2.45, 2.75) is 6.54 Å². The highest BCUT2D eigenvalue weighted by molar-refractivity contribution is 6.30. The fourth-order valence-corrected chi connectivity index (χ4v) is 1.58. The molecule has 2 rings (SSSR count). The minimum Gasteiger partial charge on any atom is -0.473 e. The van der Waals surface area contributed by atoms with E-state index in [9.17, 15) is 4.79 Å². The smallest absolute Gasteiger partial charge is 0.317 e. The number of rotatable bonds is 5. The van der Waals surface area contributed by atoms with Crippen LogP contribution in [-0.2, 0) is 6.54 Å². The van der Waals surface area contributed by atoms with Crippen molar-refractivity contribution in [1.29, 1.82) is 0 Å². The van der Waals surface area contributed by atoms with Crippen molar-refractivity contribution >= 4 is 17.6 Å². The summed E-state index contributed by atoms with van der Waals surface area (Å²) in [5, 5.41) is 5.90. The summed E-state index contributed by atoms with van der Waals surface area (Å²) in [6.45, 7) is 0.448. The van der Waals surface area contributed by atoms with Crippen LogP contribution in [0.4, 0.5) is 4.79 Å². The van der Waals surface area contributed by atoms with Crippen molar-refractivity contribution < 1.29 is 9.53 Å². The zero-order valence-corrected chi connectivity index (χ0v) is 11.4. The SMILES string of the molecule is O=C(NCOc1ccc(Cl)cc1)NCc1ccccn1. The number of nitrogens with one attached hydrogen (secondary N) is 2. The maximum Gasteiger partial charge on any atom is 0.317 e. The lowest BCUT2D eigenvalue weighted by Crippen LogP contribution is -2.37. The standard InChI is InChI=1S/C14H14ClN3O2/c15-11-4-6-13(7-5-11)20-10-18-14(19)17-9-12-3-1-2-8-16-12/h1-8H,9-10H2,(H2,17,18,19). The van der Waals surface area contributed by atoms with Crippen LogP contribution < -0.4 is 15.4 Å². The average Bonchev–Trinajstić information content (AvgIpc) is 2.48. The van der Waals surface area contributed by atoms with Gasteiger partial charge in [0.2, 0.25) is 0 Å². The van der Waals surface area contributed by atoms with Gasteiger partial charge in [-0.2, -0.15) is 0 Å². The van der Waals surface area contributed by atoms with Crippen molar-refractivity contribution in [1.82, 2.24) is 15.6 Å². The molecule has 0 aliphatic heterocycles. The van der Waals surface area contributed by atoms with Crippen LogP contribution in [-0.4, -0.2) is 17.7 Å². The largest absolute Gasteiger partial charge is 0.473 e. The number of hydrogen-bond acceptors (Lipinski definition) is 3. The molecular formula is C14H14ClN3O2. The molecule has 1 aromatic carbocycles. The third-order valence-corrected chi connectivity index (χ3v) is 2.69. The zero-order valence-electron chi connectivity index (χ0n) is 10.7. The Kier molecular flexibility index (Phi) is 5.20. The van der Waals surface area contributed by atoms with E-state index in [4.69, 9.17) is 16.3 Å². The van der Waals surface area contributed by atoms with E-state index in [1.807, 2.05) is 18.2 Å². The third kappa shape index (κ3) is 4.78. The van der Waals surface area contributed by atoms with E-state index in [0.29, 0.717) is 17.3 Å². The van der Waals surface area contributed by atoms with Crippen molar-refractivity contribution in [3.8, 4) is 5.75 Å². The van der Waals surface area contributed by atoms with Crippen molar-refractivity contribution in [2.75, 3.05) is 6.73 Å². The number of carbonyl (C=O) groups is 1. The molecule has 0 fully saturated rings. The van der Waals surface area contributed by atoms with Crippen molar-refractivity contribution in [3.63, 3.8) is 0 Å². The summed E-state index contributed by atoms with van der Waals surface area (Å²) in [6.07, 6.45) is 1.68. The minimum absolute atomic E-state index is 0.0791. The van der Waals surface area contributed by atoms with Crippen LogP contribution >= 0.6 is 11.6 Å². The quantitative estimate of drug-likeness (QED) is 0.832. The Morgan fingerprint density at radius 3 is 2.65 bits per heavy atom. The normalized spacial score (nSPS) is 9.85. The maximum absolute atomic E-state index is 11.5. The highest BCUT2D eigenvalue weighted by Gasteiger charge is 2.00. The lowest BCUT2D eigenvalue weighted by Gasteiger charge is -2.09. The van der Waals surface area contributed by atoms with Gasteiger partial charge in [0, 0.05) is 11.2 Å². The summed E-state index contributed by atoms with van der Waals surface area (Å²) in [4.78, 5) is 15.6. The molecule has 0 radical (unpaired) electrons. The Bertz CT molecular complexity index is 546. The first-order valence-corrected chi connectivity index (χ1v) is 6.42. The Labute approximate surface area is 121 Å². The van der Waals surface area contributed by atoms with Gasteiger partial charge in [-0.3, -0.25) is 4.98 Å². The number of halogens is 1. The Balaban J connectivity index is 1.66. The third-order valence-electron chi connectivity index (χ3n) is 2.44. The zero-order chi connectivity index (χ0) is 14.2. The van der Waals surface area contributed by atoms with Crippen LogP contribution in [0.3, 0.4) is 0 Å². The summed E-state index contributed by atoms with van der Waals surface area (Å²) >= 11 is 5.75. The fourth-order valence-electron chi connectivity index (χ4n) is 1.45. The second kappa shape index (κ2) is 7.35. The van der Waals surface area contributed by atoms with E-state index < -0.39 is 0 Å². The first kappa shape index (κ1) is 14.1. The van der Waals surface area contributed by atoms with Gasteiger partial charge in [-0.15, -0.1) is 0 Å². The summed E-state index contributed by atoms with van der Waals surface area (Å²) in [6, 6.07) is 12.1. The number of benzene rings is 1. The molecule has 2 N–H and O–H groups in total. The van der Waals surface area contributed by atoms with E-state index in [-0.39, 0.29) is 12.8 Å². The monoisotopic (exact) mass is 291 g/mol. The molecule has 0 spiro atoms. The first-order valence-electron chi connectivity index (χ1n) is 6.04. The van der Waals surface area contributed by atoms with E-state index in [1.165, 1.54) is 0 Å². The van der Waals surface area contributed by atoms with Crippen LogP contribution in [0.25, 0.3) is 0 Å². The van der Waals surface area contributed by atoms with Gasteiger partial charge in [-0.25, -0.2) is 4.79 Å². The molecule has 2 amide bonds. The van der Waals surface area contributed by atoms with Crippen LogP contribution in [0.15, 0.2) is 48.7 Å². The molecule has 0 bridgehead atoms. The molecule has 20 heavy (non-hydrogen) atoms. The maximum atomic E-state index is 11.5. The van der Waals surface area contributed by atoms with Gasteiger partial charge in [0.1, 0.15) is 5.75 Å². The molecule has 0 saturated carbocycles. The van der Waals surface area contributed by atoms with Gasteiger partial charge < -0.3 is 15.4 Å². The van der Waals surface area contributed by atoms with Gasteiger partial charge >= 0.3 is 6.03 Å². The molecule has 0 saturated heterocycles. The topological polar surface area (TPSA) is 63.2 Å². The Morgan fingerprint density at radius 1 is 1.15 bits per heavy atom. The fraction of sp³-hybridized carbons (Fsp3) is 0.143. The number of hydrogen-bond donors (Lipinski definition) is 2. The minimum atomic E-state index is -0.315. The second-order valence-electron chi connectivity index (χ2n) is 3.92. The van der Waals surface area contributed by atoms with E-state index in [0.717, 1.165) is 5.69 Å². The second-order valence-corrected chi connectivity index (χ2v) is 4.36. The molecule has 6 heteroatoms. The predicted molar refractivity (Wildman–Crippen MR) is 76.6 cm³/mol.